The molecular formula is C21H21ClN3O3-. The van der Waals surface area contributed by atoms with Gasteiger partial charge in [-0.25, -0.2) is 0 Å². The van der Waals surface area contributed by atoms with E-state index in [4.69, 9.17) is 11.6 Å². The zero-order chi connectivity index (χ0) is 20.1. The molecule has 0 unspecified atom stereocenters. The van der Waals surface area contributed by atoms with Crippen LogP contribution in [0.5, 0.6) is 0 Å². The van der Waals surface area contributed by atoms with Gasteiger partial charge in [-0.1, -0.05) is 23.7 Å². The van der Waals surface area contributed by atoms with Crippen LogP contribution in [0.2, 0.25) is 5.02 Å². The van der Waals surface area contributed by atoms with Crippen LogP contribution in [0.4, 0.5) is 17.1 Å². The van der Waals surface area contributed by atoms with Gasteiger partial charge in [0.1, 0.15) is 0 Å². The van der Waals surface area contributed by atoms with E-state index in [1.165, 1.54) is 6.92 Å². The van der Waals surface area contributed by atoms with Crippen molar-refractivity contribution in [2.45, 2.75) is 6.92 Å². The van der Waals surface area contributed by atoms with Crippen molar-refractivity contribution in [3.8, 4) is 0 Å². The summed E-state index contributed by atoms with van der Waals surface area (Å²) in [4.78, 5) is 27.4. The van der Waals surface area contributed by atoms with E-state index in [1.54, 1.807) is 0 Å². The van der Waals surface area contributed by atoms with Crippen molar-refractivity contribution in [2.24, 2.45) is 0 Å². The third-order valence-corrected chi connectivity index (χ3v) is 4.91. The van der Waals surface area contributed by atoms with E-state index < -0.39 is 11.9 Å². The van der Waals surface area contributed by atoms with E-state index in [-0.39, 0.29) is 5.57 Å². The monoisotopic (exact) mass is 398 g/mol. The van der Waals surface area contributed by atoms with Crippen LogP contribution in [0.25, 0.3) is 0 Å². The third kappa shape index (κ3) is 4.84. The molecule has 1 amide bonds. The Balaban J connectivity index is 1.69. The first kappa shape index (κ1) is 19.8. The molecule has 3 rings (SSSR count). The number of hydrogen-bond acceptors (Lipinski definition) is 5. The SMILES string of the molecule is C/C(=C/C(=O)[O-])C(=O)Nc1ccccc1N1CCN(c2ccc(Cl)cc2)CC1. The van der Waals surface area contributed by atoms with Crippen molar-refractivity contribution < 1.29 is 14.7 Å². The molecule has 6 nitrogen and oxygen atoms in total. The Morgan fingerprint density at radius 2 is 1.61 bits per heavy atom. The van der Waals surface area contributed by atoms with Crippen LogP contribution in [-0.4, -0.2) is 38.1 Å². The van der Waals surface area contributed by atoms with Gasteiger partial charge < -0.3 is 25.0 Å². The second-order valence-corrected chi connectivity index (χ2v) is 7.00. The number of carboxylic acids is 1. The van der Waals surface area contributed by atoms with Crippen molar-refractivity contribution in [1.82, 2.24) is 0 Å². The molecule has 0 radical (unpaired) electrons. The molecule has 0 atom stereocenters. The highest BCUT2D eigenvalue weighted by molar-refractivity contribution is 6.30. The van der Waals surface area contributed by atoms with E-state index >= 15 is 0 Å². The standard InChI is InChI=1S/C21H22ClN3O3/c1-15(14-20(26)27)21(28)23-18-4-2-3-5-19(18)25-12-10-24(11-13-25)17-8-6-16(22)7-9-17/h2-9,14H,10-13H2,1H3,(H,23,28)(H,26,27)/p-1/b15-14-. The number of nitrogens with zero attached hydrogens (tertiary/aromatic N) is 2. The summed E-state index contributed by atoms with van der Waals surface area (Å²) < 4.78 is 0. The van der Waals surface area contributed by atoms with Crippen molar-refractivity contribution in [2.75, 3.05) is 41.3 Å². The molecule has 1 N–H and O–H groups in total. The summed E-state index contributed by atoms with van der Waals surface area (Å²) in [5.74, 6) is -1.85. The average molecular weight is 399 g/mol. The number of rotatable bonds is 5. The largest absolute Gasteiger partial charge is 0.545 e. The summed E-state index contributed by atoms with van der Waals surface area (Å²) in [5, 5.41) is 14.2. The maximum atomic E-state index is 12.2. The fourth-order valence-electron chi connectivity index (χ4n) is 3.18. The zero-order valence-electron chi connectivity index (χ0n) is 15.5. The van der Waals surface area contributed by atoms with Crippen LogP contribution >= 0.6 is 11.6 Å². The number of halogens is 1. The minimum absolute atomic E-state index is 0.0855. The van der Waals surface area contributed by atoms with Gasteiger partial charge in [0.15, 0.2) is 0 Å². The molecule has 146 valence electrons. The second kappa shape index (κ2) is 8.80. The smallest absolute Gasteiger partial charge is 0.251 e. The van der Waals surface area contributed by atoms with Gasteiger partial charge in [-0.3, -0.25) is 4.79 Å². The second-order valence-electron chi connectivity index (χ2n) is 6.57. The Morgan fingerprint density at radius 3 is 2.25 bits per heavy atom. The first-order valence-corrected chi connectivity index (χ1v) is 9.37. The molecule has 1 fully saturated rings. The van der Waals surface area contributed by atoms with E-state index in [9.17, 15) is 14.7 Å². The van der Waals surface area contributed by atoms with Crippen LogP contribution in [-0.2, 0) is 9.59 Å². The first-order chi connectivity index (χ1) is 13.4. The summed E-state index contributed by atoms with van der Waals surface area (Å²) in [5.41, 5.74) is 2.78. The fourth-order valence-corrected chi connectivity index (χ4v) is 3.30. The van der Waals surface area contributed by atoms with Crippen molar-refractivity contribution in [1.29, 1.82) is 0 Å². The fraction of sp³-hybridized carbons (Fsp3) is 0.238. The van der Waals surface area contributed by atoms with Gasteiger partial charge in [-0.05, 0) is 49.4 Å². The molecule has 0 saturated carbocycles. The highest BCUT2D eigenvalue weighted by atomic mass is 35.5. The molecule has 1 aliphatic rings. The molecule has 0 spiro atoms. The predicted octanol–water partition coefficient (Wildman–Crippen LogP) is 2.30. The Labute approximate surface area is 169 Å². The molecule has 7 heteroatoms. The minimum atomic E-state index is -1.39. The van der Waals surface area contributed by atoms with Crippen molar-refractivity contribution in [3.05, 3.63) is 65.2 Å². The summed E-state index contributed by atoms with van der Waals surface area (Å²) in [6, 6.07) is 15.3. The number of hydrogen-bond donors (Lipinski definition) is 1. The summed E-state index contributed by atoms with van der Waals surface area (Å²) in [7, 11) is 0. The molecule has 0 aliphatic carbocycles. The van der Waals surface area contributed by atoms with E-state index in [0.29, 0.717) is 5.69 Å². The average Bonchev–Trinajstić information content (AvgIpc) is 2.69. The van der Waals surface area contributed by atoms with Crippen LogP contribution in [0.15, 0.2) is 60.2 Å². The molecular weight excluding hydrogens is 378 g/mol. The van der Waals surface area contributed by atoms with Crippen molar-refractivity contribution in [3.63, 3.8) is 0 Å². The van der Waals surface area contributed by atoms with Gasteiger partial charge in [-0.2, -0.15) is 0 Å². The molecule has 1 heterocycles. The number of para-hydroxylation sites is 2. The number of piperazine rings is 1. The number of amides is 1. The topological polar surface area (TPSA) is 75.7 Å². The first-order valence-electron chi connectivity index (χ1n) is 8.99. The van der Waals surface area contributed by atoms with Crippen LogP contribution in [0, 0.1) is 0 Å². The molecule has 2 aromatic rings. The number of benzene rings is 2. The Bertz CT molecular complexity index is 888. The van der Waals surface area contributed by atoms with Gasteiger partial charge in [0, 0.05) is 42.5 Å². The molecule has 28 heavy (non-hydrogen) atoms. The Kier molecular flexibility index (Phi) is 6.21. The zero-order valence-corrected chi connectivity index (χ0v) is 16.3. The van der Waals surface area contributed by atoms with Crippen LogP contribution in [0.1, 0.15) is 6.92 Å². The predicted molar refractivity (Wildman–Crippen MR) is 110 cm³/mol. The van der Waals surface area contributed by atoms with E-state index in [2.05, 4.69) is 15.1 Å². The van der Waals surface area contributed by atoms with Gasteiger partial charge >= 0.3 is 0 Å². The lowest BCUT2D eigenvalue weighted by atomic mass is 10.2. The van der Waals surface area contributed by atoms with Gasteiger partial charge in [0.2, 0.25) is 0 Å². The van der Waals surface area contributed by atoms with E-state index in [0.717, 1.165) is 48.7 Å². The van der Waals surface area contributed by atoms with E-state index in [1.807, 2.05) is 48.5 Å². The summed E-state index contributed by atoms with van der Waals surface area (Å²) in [6.07, 6.45) is 0.794. The number of carbonyl (C=O) groups is 2. The number of anilines is 3. The lowest BCUT2D eigenvalue weighted by Crippen LogP contribution is -2.46. The number of carbonyl (C=O) groups excluding carboxylic acids is 2. The minimum Gasteiger partial charge on any atom is -0.545 e. The third-order valence-electron chi connectivity index (χ3n) is 4.66. The maximum absolute atomic E-state index is 12.2. The number of aliphatic carboxylic acids is 1. The Morgan fingerprint density at radius 1 is 1.00 bits per heavy atom. The highest BCUT2D eigenvalue weighted by Gasteiger charge is 2.20. The van der Waals surface area contributed by atoms with Crippen molar-refractivity contribution >= 4 is 40.5 Å². The number of nitrogens with one attached hydrogen (secondary N) is 1. The van der Waals surface area contributed by atoms with Crippen LogP contribution < -0.4 is 20.2 Å². The van der Waals surface area contributed by atoms with Crippen LogP contribution in [0.3, 0.4) is 0 Å². The van der Waals surface area contributed by atoms with Gasteiger partial charge in [0.25, 0.3) is 5.91 Å². The summed E-state index contributed by atoms with van der Waals surface area (Å²) in [6.45, 7) is 4.71. The molecule has 0 bridgehead atoms. The molecule has 1 saturated heterocycles. The highest BCUT2D eigenvalue weighted by Crippen LogP contribution is 2.28. The lowest BCUT2D eigenvalue weighted by Gasteiger charge is -2.38. The van der Waals surface area contributed by atoms with Gasteiger partial charge in [0.05, 0.1) is 17.3 Å². The Hall–Kier alpha value is -2.99. The molecule has 0 aromatic heterocycles. The quantitative estimate of drug-likeness (QED) is 0.782. The molecule has 1 aliphatic heterocycles. The lowest BCUT2D eigenvalue weighted by molar-refractivity contribution is -0.297. The maximum Gasteiger partial charge on any atom is 0.251 e. The number of carboxylic acid groups (broad SMARTS) is 1. The molecule has 2 aromatic carbocycles. The van der Waals surface area contributed by atoms with Gasteiger partial charge in [-0.15, -0.1) is 0 Å². The summed E-state index contributed by atoms with van der Waals surface area (Å²) >= 11 is 5.96. The normalized spacial score (nSPS) is 14.7.